The molecule has 1 N–H and O–H groups in total. The highest BCUT2D eigenvalue weighted by Crippen LogP contribution is 2.30. The van der Waals surface area contributed by atoms with Crippen LogP contribution in [0.25, 0.3) is 10.6 Å². The van der Waals surface area contributed by atoms with Crippen molar-refractivity contribution in [3.05, 3.63) is 41.4 Å². The first-order valence-corrected chi connectivity index (χ1v) is 10.1. The summed E-state index contributed by atoms with van der Waals surface area (Å²) >= 11 is 4.97. The van der Waals surface area contributed by atoms with Crippen molar-refractivity contribution in [2.45, 2.75) is 23.9 Å². The fraction of sp³-hybridized carbons (Fsp3) is 0.312. The van der Waals surface area contributed by atoms with Gasteiger partial charge in [-0.3, -0.25) is 0 Å². The van der Waals surface area contributed by atoms with Gasteiger partial charge in [-0.1, -0.05) is 67.3 Å². The Morgan fingerprint density at radius 3 is 2.78 bits per heavy atom. The van der Waals surface area contributed by atoms with Crippen molar-refractivity contribution < 1.29 is 0 Å². The van der Waals surface area contributed by atoms with E-state index in [9.17, 15) is 0 Å². The summed E-state index contributed by atoms with van der Waals surface area (Å²) in [5.41, 5.74) is 2.26. The van der Waals surface area contributed by atoms with Crippen LogP contribution in [0, 0.1) is 5.92 Å². The van der Waals surface area contributed by atoms with E-state index in [0.29, 0.717) is 5.92 Å². The van der Waals surface area contributed by atoms with E-state index in [-0.39, 0.29) is 0 Å². The van der Waals surface area contributed by atoms with Crippen molar-refractivity contribution in [1.29, 1.82) is 0 Å². The number of benzene rings is 1. The number of anilines is 1. The van der Waals surface area contributed by atoms with Crippen molar-refractivity contribution in [1.82, 2.24) is 15.2 Å². The summed E-state index contributed by atoms with van der Waals surface area (Å²) in [5.74, 6) is 1.42. The van der Waals surface area contributed by atoms with Crippen LogP contribution in [0.1, 0.15) is 19.5 Å². The Balaban J connectivity index is 1.56. The molecule has 0 aliphatic rings. The summed E-state index contributed by atoms with van der Waals surface area (Å²) < 4.78 is 0.977. The number of aromatic nitrogens is 3. The molecule has 0 aliphatic heterocycles. The van der Waals surface area contributed by atoms with Crippen LogP contribution in [0.15, 0.2) is 40.1 Å². The molecule has 0 aliphatic carbocycles. The molecule has 3 rings (SSSR count). The van der Waals surface area contributed by atoms with Gasteiger partial charge < -0.3 is 5.32 Å². The summed E-state index contributed by atoms with van der Waals surface area (Å²) in [5, 5.41) is 15.8. The Hall–Kier alpha value is -1.44. The Labute approximate surface area is 148 Å². The zero-order valence-corrected chi connectivity index (χ0v) is 15.5. The van der Waals surface area contributed by atoms with Gasteiger partial charge in [-0.2, -0.15) is 0 Å². The Bertz CT molecular complexity index is 737. The molecule has 4 nitrogen and oxygen atoms in total. The molecule has 0 spiro atoms. The molecule has 0 saturated carbocycles. The molecule has 0 radical (unpaired) electrons. The SMILES string of the molecule is CC(C)CNc1nnc(SCc2csc(-c3ccccc3)n2)s1. The molecule has 0 unspecified atom stereocenters. The molecule has 2 aromatic heterocycles. The Morgan fingerprint density at radius 1 is 1.17 bits per heavy atom. The quantitative estimate of drug-likeness (QED) is 0.598. The number of nitrogens with one attached hydrogen (secondary N) is 1. The first-order valence-electron chi connectivity index (χ1n) is 7.40. The standard InChI is InChI=1S/C16H18N4S3/c1-11(2)8-17-15-19-20-16(23-15)22-10-13-9-21-14(18-13)12-6-4-3-5-7-12/h3-7,9,11H,8,10H2,1-2H3,(H,17,19). The van der Waals surface area contributed by atoms with E-state index in [1.807, 2.05) is 18.2 Å². The van der Waals surface area contributed by atoms with Gasteiger partial charge >= 0.3 is 0 Å². The highest BCUT2D eigenvalue weighted by molar-refractivity contribution is 8.00. The van der Waals surface area contributed by atoms with E-state index in [4.69, 9.17) is 4.98 Å². The second kappa shape index (κ2) is 7.90. The lowest BCUT2D eigenvalue weighted by Gasteiger charge is -2.03. The van der Waals surface area contributed by atoms with Gasteiger partial charge in [0.05, 0.1) is 5.69 Å². The lowest BCUT2D eigenvalue weighted by molar-refractivity contribution is 0.687. The lowest BCUT2D eigenvalue weighted by Crippen LogP contribution is -2.07. The van der Waals surface area contributed by atoms with E-state index in [1.54, 1.807) is 34.4 Å². The van der Waals surface area contributed by atoms with Gasteiger partial charge in [0, 0.05) is 23.2 Å². The molecule has 7 heteroatoms. The third-order valence-corrected chi connectivity index (χ3v) is 5.97. The minimum Gasteiger partial charge on any atom is -0.360 e. The molecular weight excluding hydrogens is 344 g/mol. The second-order valence-corrected chi connectivity index (χ2v) is 8.50. The van der Waals surface area contributed by atoms with Crippen LogP contribution in [0.4, 0.5) is 5.13 Å². The maximum atomic E-state index is 4.70. The van der Waals surface area contributed by atoms with Gasteiger partial charge in [-0.15, -0.1) is 21.5 Å². The van der Waals surface area contributed by atoms with Crippen molar-refractivity contribution in [2.75, 3.05) is 11.9 Å². The predicted octanol–water partition coefficient (Wildman–Crippen LogP) is 5.02. The summed E-state index contributed by atoms with van der Waals surface area (Å²) in [6, 6.07) is 10.3. The number of thioether (sulfide) groups is 1. The lowest BCUT2D eigenvalue weighted by atomic mass is 10.2. The fourth-order valence-corrected chi connectivity index (χ4v) is 4.44. The average molecular weight is 363 g/mol. The molecule has 3 aromatic rings. The topological polar surface area (TPSA) is 50.7 Å². The van der Waals surface area contributed by atoms with Crippen LogP contribution >= 0.6 is 34.4 Å². The normalized spacial score (nSPS) is 11.1. The molecule has 23 heavy (non-hydrogen) atoms. The minimum atomic E-state index is 0.599. The minimum absolute atomic E-state index is 0.599. The van der Waals surface area contributed by atoms with E-state index < -0.39 is 0 Å². The molecule has 120 valence electrons. The summed E-state index contributed by atoms with van der Waals surface area (Å²) in [7, 11) is 0. The average Bonchev–Trinajstić information content (AvgIpc) is 3.21. The van der Waals surface area contributed by atoms with Gasteiger partial charge in [0.25, 0.3) is 0 Å². The third-order valence-electron chi connectivity index (χ3n) is 2.98. The van der Waals surface area contributed by atoms with Crippen molar-refractivity contribution in [3.8, 4) is 10.6 Å². The number of nitrogens with zero attached hydrogens (tertiary/aromatic N) is 3. The molecule has 0 atom stereocenters. The molecular formula is C16H18N4S3. The molecule has 0 saturated heterocycles. The van der Waals surface area contributed by atoms with E-state index in [0.717, 1.165) is 32.5 Å². The number of hydrogen-bond donors (Lipinski definition) is 1. The Morgan fingerprint density at radius 2 is 2.00 bits per heavy atom. The van der Waals surface area contributed by atoms with Crippen LogP contribution in [0.2, 0.25) is 0 Å². The molecule has 1 aromatic carbocycles. The van der Waals surface area contributed by atoms with Gasteiger partial charge in [0.1, 0.15) is 5.01 Å². The van der Waals surface area contributed by atoms with Gasteiger partial charge in [-0.25, -0.2) is 4.98 Å². The first kappa shape index (κ1) is 16.4. The fourth-order valence-electron chi connectivity index (χ4n) is 1.85. The maximum absolute atomic E-state index is 4.70. The largest absolute Gasteiger partial charge is 0.360 e. The smallest absolute Gasteiger partial charge is 0.206 e. The van der Waals surface area contributed by atoms with Gasteiger partial charge in [0.15, 0.2) is 4.34 Å². The highest BCUT2D eigenvalue weighted by Gasteiger charge is 2.08. The third kappa shape index (κ3) is 4.76. The number of thiazole rings is 1. The van der Waals surface area contributed by atoms with E-state index in [2.05, 4.69) is 46.9 Å². The van der Waals surface area contributed by atoms with Crippen LogP contribution < -0.4 is 5.32 Å². The first-order chi connectivity index (χ1) is 11.2. The van der Waals surface area contributed by atoms with Gasteiger partial charge in [-0.05, 0) is 5.92 Å². The summed E-state index contributed by atoms with van der Waals surface area (Å²) in [4.78, 5) is 4.70. The summed E-state index contributed by atoms with van der Waals surface area (Å²) in [6.45, 7) is 5.28. The van der Waals surface area contributed by atoms with Crippen LogP contribution in [0.3, 0.4) is 0 Å². The molecule has 0 amide bonds. The van der Waals surface area contributed by atoms with Gasteiger partial charge in [0.2, 0.25) is 5.13 Å². The zero-order valence-electron chi connectivity index (χ0n) is 13.0. The van der Waals surface area contributed by atoms with Crippen molar-refractivity contribution in [2.24, 2.45) is 5.92 Å². The van der Waals surface area contributed by atoms with Crippen molar-refractivity contribution >= 4 is 39.6 Å². The number of rotatable bonds is 7. The van der Waals surface area contributed by atoms with Crippen LogP contribution in [-0.4, -0.2) is 21.7 Å². The summed E-state index contributed by atoms with van der Waals surface area (Å²) in [6.07, 6.45) is 0. The zero-order chi connectivity index (χ0) is 16.1. The monoisotopic (exact) mass is 362 g/mol. The Kier molecular flexibility index (Phi) is 5.64. The molecule has 0 fully saturated rings. The molecule has 2 heterocycles. The van der Waals surface area contributed by atoms with E-state index in [1.165, 1.54) is 5.56 Å². The maximum Gasteiger partial charge on any atom is 0.206 e. The highest BCUT2D eigenvalue weighted by atomic mass is 32.2. The second-order valence-electron chi connectivity index (χ2n) is 5.45. The van der Waals surface area contributed by atoms with Crippen molar-refractivity contribution in [3.63, 3.8) is 0 Å². The number of hydrogen-bond acceptors (Lipinski definition) is 7. The van der Waals surface area contributed by atoms with E-state index >= 15 is 0 Å². The molecule has 0 bridgehead atoms. The van der Waals surface area contributed by atoms with Crippen LogP contribution in [-0.2, 0) is 5.75 Å². The van der Waals surface area contributed by atoms with Crippen LogP contribution in [0.5, 0.6) is 0 Å². The predicted molar refractivity (Wildman–Crippen MR) is 100 cm³/mol.